The first-order valence-corrected chi connectivity index (χ1v) is 12.9. The van der Waals surface area contributed by atoms with Gasteiger partial charge in [-0.2, -0.15) is 0 Å². The molecule has 1 aliphatic rings. The van der Waals surface area contributed by atoms with Gasteiger partial charge in [0.2, 0.25) is 17.7 Å². The van der Waals surface area contributed by atoms with E-state index in [-0.39, 0.29) is 44.0 Å². The molecule has 0 spiro atoms. The Morgan fingerprint density at radius 3 is 2.07 bits per heavy atom. The zero-order chi connectivity index (χ0) is 23.2. The number of hydrogen-bond donors (Lipinski definition) is 6. The fourth-order valence-corrected chi connectivity index (χ4v) is 5.49. The van der Waals surface area contributed by atoms with Crippen LogP contribution in [0.15, 0.2) is 0 Å². The van der Waals surface area contributed by atoms with Gasteiger partial charge in [-0.05, 0) is 19.3 Å². The molecule has 0 bridgehead atoms. The number of amides is 3. The summed E-state index contributed by atoms with van der Waals surface area (Å²) in [6, 6.07) is -1.05. The van der Waals surface area contributed by atoms with Crippen molar-refractivity contribution in [2.24, 2.45) is 0 Å². The van der Waals surface area contributed by atoms with Crippen LogP contribution < -0.4 is 5.32 Å². The van der Waals surface area contributed by atoms with Gasteiger partial charge >= 0.3 is 15.2 Å². The van der Waals surface area contributed by atoms with Crippen LogP contribution in [0.2, 0.25) is 0 Å². The van der Waals surface area contributed by atoms with Crippen LogP contribution in [-0.2, 0) is 23.5 Å². The summed E-state index contributed by atoms with van der Waals surface area (Å²) in [7, 11) is -11.2. The Bertz CT molecular complexity index is 694. The van der Waals surface area contributed by atoms with E-state index in [2.05, 4.69) is 5.32 Å². The summed E-state index contributed by atoms with van der Waals surface area (Å²) in [6.07, 6.45) is 1.55. The van der Waals surface area contributed by atoms with E-state index >= 15 is 0 Å². The summed E-state index contributed by atoms with van der Waals surface area (Å²) >= 11 is 0. The van der Waals surface area contributed by atoms with Crippen molar-refractivity contribution in [1.82, 2.24) is 10.2 Å². The quantitative estimate of drug-likeness (QED) is 0.123. The van der Waals surface area contributed by atoms with E-state index in [9.17, 15) is 48.2 Å². The molecule has 0 aromatic heterocycles. The Morgan fingerprint density at radius 1 is 1.07 bits per heavy atom. The minimum Gasteiger partial charge on any atom is -0.367 e. The molecule has 1 fully saturated rings. The molecule has 0 saturated carbocycles. The topological polar surface area (TPSA) is 202 Å². The van der Waals surface area contributed by atoms with E-state index in [0.717, 1.165) is 0 Å². The number of carbonyl (C=O) groups excluding carboxylic acids is 3. The van der Waals surface area contributed by atoms with Gasteiger partial charge in [-0.15, -0.1) is 0 Å². The summed E-state index contributed by atoms with van der Waals surface area (Å²) in [5.74, 6) is -0.911. The van der Waals surface area contributed by atoms with Gasteiger partial charge in [-0.1, -0.05) is 19.8 Å². The molecular weight excluding hydrogens is 442 g/mol. The fourth-order valence-electron chi connectivity index (χ4n) is 3.22. The minimum absolute atomic E-state index is 0.0341. The number of hydrogen-bond acceptors (Lipinski definition) is 6. The lowest BCUT2D eigenvalue weighted by Crippen LogP contribution is -2.42. The lowest BCUT2D eigenvalue weighted by atomic mass is 10.1. The Morgan fingerprint density at radius 2 is 1.60 bits per heavy atom. The van der Waals surface area contributed by atoms with Gasteiger partial charge in [-0.25, -0.2) is 0 Å². The molecule has 1 unspecified atom stereocenters. The lowest BCUT2D eigenvalue weighted by molar-refractivity contribution is -0.138. The molecule has 12 nitrogen and oxygen atoms in total. The molecule has 1 atom stereocenters. The highest BCUT2D eigenvalue weighted by Crippen LogP contribution is 2.69. The van der Waals surface area contributed by atoms with Crippen molar-refractivity contribution in [2.75, 3.05) is 6.54 Å². The lowest BCUT2D eigenvalue weighted by Gasteiger charge is -2.32. The minimum atomic E-state index is -5.60. The molecule has 1 saturated heterocycles. The maximum absolute atomic E-state index is 12.1. The van der Waals surface area contributed by atoms with Crippen LogP contribution in [0, 0.1) is 0 Å². The van der Waals surface area contributed by atoms with Gasteiger partial charge in [0.25, 0.3) is 5.08 Å². The third kappa shape index (κ3) is 7.23. The molecule has 0 aromatic carbocycles. The first-order chi connectivity index (χ1) is 13.7. The number of nitrogens with one attached hydrogen (secondary N) is 1. The van der Waals surface area contributed by atoms with Crippen LogP contribution in [-0.4, -0.2) is 65.0 Å². The van der Waals surface area contributed by atoms with Crippen molar-refractivity contribution in [3.8, 4) is 0 Å². The highest BCUT2D eigenvalue weighted by molar-refractivity contribution is 7.72. The van der Waals surface area contributed by atoms with Crippen molar-refractivity contribution >= 4 is 32.9 Å². The Hall–Kier alpha value is -1.13. The Balaban J connectivity index is 2.55. The third-order valence-corrected chi connectivity index (χ3v) is 8.69. The van der Waals surface area contributed by atoms with Crippen molar-refractivity contribution in [3.63, 3.8) is 0 Å². The number of likely N-dealkylation sites (tertiary alicyclic amines) is 1. The molecule has 30 heavy (non-hydrogen) atoms. The zero-order valence-corrected chi connectivity index (χ0v) is 18.6. The largest absolute Gasteiger partial charge is 0.369 e. The van der Waals surface area contributed by atoms with Crippen molar-refractivity contribution in [1.29, 1.82) is 0 Å². The van der Waals surface area contributed by atoms with Gasteiger partial charge in [0.1, 0.15) is 0 Å². The molecule has 0 radical (unpaired) electrons. The smallest absolute Gasteiger partial charge is 0.367 e. The molecule has 0 aromatic rings. The van der Waals surface area contributed by atoms with Gasteiger partial charge < -0.3 is 30.0 Å². The predicted molar refractivity (Wildman–Crippen MR) is 105 cm³/mol. The van der Waals surface area contributed by atoms with E-state index in [0.29, 0.717) is 25.7 Å². The van der Waals surface area contributed by atoms with Gasteiger partial charge in [-0.3, -0.25) is 28.4 Å². The zero-order valence-electron chi connectivity index (χ0n) is 16.8. The van der Waals surface area contributed by atoms with Gasteiger partial charge in [0.15, 0.2) is 0 Å². The molecule has 6 N–H and O–H groups in total. The standard InChI is InChI=1S/C16H30N2O10P2/c1-2-6-12(11-16(22,29(23,24)25)30(26,27)28)17-13(19)7-4-3-5-10-18-14(20)8-9-15(18)21/h12,22H,2-11H2,1H3,(H,17,19)(H2,23,24,25)(H2,26,27,28). The maximum Gasteiger partial charge on any atom is 0.369 e. The SMILES string of the molecule is CCCC(CC(O)(P(=O)(O)O)P(=O)(O)O)NC(=O)CCCCCN1C(=O)CCC1=O. The first kappa shape index (κ1) is 26.9. The summed E-state index contributed by atoms with van der Waals surface area (Å²) in [6.45, 7) is 1.99. The van der Waals surface area contributed by atoms with Crippen LogP contribution in [0.5, 0.6) is 0 Å². The average molecular weight is 472 g/mol. The van der Waals surface area contributed by atoms with Crippen molar-refractivity contribution in [3.05, 3.63) is 0 Å². The van der Waals surface area contributed by atoms with E-state index in [1.165, 1.54) is 4.90 Å². The normalized spacial score (nSPS) is 16.8. The third-order valence-electron chi connectivity index (χ3n) is 4.90. The van der Waals surface area contributed by atoms with Crippen LogP contribution >= 0.6 is 15.2 Å². The van der Waals surface area contributed by atoms with Crippen molar-refractivity contribution < 1.29 is 48.2 Å². The number of aliphatic hydroxyl groups is 1. The Labute approximate surface area is 174 Å². The molecule has 1 heterocycles. The molecule has 0 aliphatic carbocycles. The van der Waals surface area contributed by atoms with Crippen molar-refractivity contribution in [2.45, 2.75) is 75.8 Å². The second kappa shape index (κ2) is 10.9. The average Bonchev–Trinajstić information content (AvgIpc) is 2.91. The van der Waals surface area contributed by atoms with Gasteiger partial charge in [0, 0.05) is 38.3 Å². The summed E-state index contributed by atoms with van der Waals surface area (Å²) in [5.41, 5.74) is 0. The van der Waals surface area contributed by atoms with Crippen LogP contribution in [0.25, 0.3) is 0 Å². The maximum atomic E-state index is 12.1. The first-order valence-electron chi connectivity index (χ1n) is 9.69. The molecule has 1 aliphatic heterocycles. The van der Waals surface area contributed by atoms with E-state index in [1.807, 2.05) is 0 Å². The number of unbranched alkanes of at least 4 members (excludes halogenated alkanes) is 2. The number of carbonyl (C=O) groups is 3. The summed E-state index contributed by atoms with van der Waals surface area (Å²) in [5, 5.41) is 8.93. The predicted octanol–water partition coefficient (Wildman–Crippen LogP) is 0.372. The molecule has 3 amide bonds. The van der Waals surface area contributed by atoms with Crippen LogP contribution in [0.1, 0.15) is 64.7 Å². The Kier molecular flexibility index (Phi) is 9.82. The number of nitrogens with zero attached hydrogens (tertiary/aromatic N) is 1. The van der Waals surface area contributed by atoms with E-state index < -0.39 is 38.6 Å². The summed E-state index contributed by atoms with van der Waals surface area (Å²) < 4.78 is 23.0. The highest BCUT2D eigenvalue weighted by Gasteiger charge is 2.60. The van der Waals surface area contributed by atoms with Crippen LogP contribution in [0.4, 0.5) is 0 Å². The molecule has 1 rings (SSSR count). The van der Waals surface area contributed by atoms with E-state index in [4.69, 9.17) is 0 Å². The molecule has 14 heteroatoms. The highest BCUT2D eigenvalue weighted by atomic mass is 31.2. The monoisotopic (exact) mass is 472 g/mol. The summed E-state index contributed by atoms with van der Waals surface area (Å²) in [4.78, 5) is 73.4. The molecule has 174 valence electrons. The number of rotatable bonds is 13. The second-order valence-corrected chi connectivity index (χ2v) is 11.4. The number of imide groups is 1. The fraction of sp³-hybridized carbons (Fsp3) is 0.812. The molecular formula is C16H30N2O10P2. The van der Waals surface area contributed by atoms with Crippen LogP contribution in [0.3, 0.4) is 0 Å². The van der Waals surface area contributed by atoms with Gasteiger partial charge in [0.05, 0.1) is 0 Å². The second-order valence-electron chi connectivity index (χ2n) is 7.37. The van der Waals surface area contributed by atoms with E-state index in [1.54, 1.807) is 6.92 Å².